The van der Waals surface area contributed by atoms with Gasteiger partial charge in [-0.1, -0.05) is 12.0 Å². The van der Waals surface area contributed by atoms with Crippen molar-refractivity contribution in [3.8, 4) is 0 Å². The Balaban J connectivity index is 2.61. The minimum Gasteiger partial charge on any atom is -0.480 e. The zero-order valence-electron chi connectivity index (χ0n) is 10.7. The first-order valence-corrected chi connectivity index (χ1v) is 6.37. The molecule has 0 spiro atoms. The van der Waals surface area contributed by atoms with Gasteiger partial charge in [-0.3, -0.25) is 4.79 Å². The molecule has 1 aliphatic heterocycles. The predicted octanol–water partition coefficient (Wildman–Crippen LogP) is 1.12. The summed E-state index contributed by atoms with van der Waals surface area (Å²) in [6.07, 6.45) is 2.06. The maximum Gasteiger partial charge on any atom is 0.324 e. The van der Waals surface area contributed by atoms with Crippen LogP contribution in [0.5, 0.6) is 0 Å². The largest absolute Gasteiger partial charge is 0.480 e. The van der Waals surface area contributed by atoms with Crippen LogP contribution in [0, 0.1) is 5.92 Å². The molecule has 0 radical (unpaired) electrons. The SMILES string of the molecule is CCC1CNCCC1(NCCCN=[N+]=[N-])C(=O)O. The Morgan fingerprint density at radius 1 is 1.72 bits per heavy atom. The molecule has 1 fully saturated rings. The van der Waals surface area contributed by atoms with Gasteiger partial charge in [-0.05, 0) is 37.9 Å². The maximum atomic E-state index is 11.6. The molecule has 0 aromatic rings. The number of aliphatic carboxylic acids is 1. The van der Waals surface area contributed by atoms with Gasteiger partial charge in [0.05, 0.1) is 0 Å². The number of carboxylic acids is 1. The summed E-state index contributed by atoms with van der Waals surface area (Å²) in [5.41, 5.74) is 7.33. The number of hydrogen-bond acceptors (Lipinski definition) is 4. The fourth-order valence-corrected chi connectivity index (χ4v) is 2.53. The molecule has 7 nitrogen and oxygen atoms in total. The van der Waals surface area contributed by atoms with Crippen LogP contribution in [0.15, 0.2) is 5.11 Å². The van der Waals surface area contributed by atoms with E-state index in [0.717, 1.165) is 13.0 Å². The molecule has 1 rings (SSSR count). The molecule has 1 saturated heterocycles. The fraction of sp³-hybridized carbons (Fsp3) is 0.909. The third-order valence-corrected chi connectivity index (χ3v) is 3.60. The average molecular weight is 255 g/mol. The zero-order chi connectivity index (χ0) is 13.4. The van der Waals surface area contributed by atoms with E-state index in [2.05, 4.69) is 20.7 Å². The molecule has 3 N–H and O–H groups in total. The normalized spacial score (nSPS) is 27.5. The van der Waals surface area contributed by atoms with Crippen molar-refractivity contribution in [2.75, 3.05) is 26.2 Å². The smallest absolute Gasteiger partial charge is 0.324 e. The Hall–Kier alpha value is -1.30. The molecule has 0 aromatic heterocycles. The third-order valence-electron chi connectivity index (χ3n) is 3.60. The monoisotopic (exact) mass is 255 g/mol. The Labute approximate surface area is 107 Å². The van der Waals surface area contributed by atoms with Gasteiger partial charge < -0.3 is 15.7 Å². The first-order chi connectivity index (χ1) is 8.67. The molecule has 102 valence electrons. The van der Waals surface area contributed by atoms with Gasteiger partial charge in [0.1, 0.15) is 5.54 Å². The Kier molecular flexibility index (Phi) is 5.91. The highest BCUT2D eigenvalue weighted by Gasteiger charge is 2.45. The first-order valence-electron chi connectivity index (χ1n) is 6.37. The van der Waals surface area contributed by atoms with Crippen LogP contribution >= 0.6 is 0 Å². The molecular weight excluding hydrogens is 234 g/mol. The second kappa shape index (κ2) is 7.20. The van der Waals surface area contributed by atoms with Gasteiger partial charge in [0.15, 0.2) is 0 Å². The van der Waals surface area contributed by atoms with Crippen molar-refractivity contribution in [2.24, 2.45) is 11.0 Å². The lowest BCUT2D eigenvalue weighted by molar-refractivity contribution is -0.149. The number of carbonyl (C=O) groups is 1. The molecule has 7 heteroatoms. The molecule has 0 aliphatic carbocycles. The highest BCUT2D eigenvalue weighted by molar-refractivity contribution is 5.79. The van der Waals surface area contributed by atoms with Crippen LogP contribution in [-0.4, -0.2) is 42.8 Å². The summed E-state index contributed by atoms with van der Waals surface area (Å²) in [6, 6.07) is 0. The quantitative estimate of drug-likeness (QED) is 0.274. The van der Waals surface area contributed by atoms with Gasteiger partial charge in [-0.2, -0.15) is 0 Å². The number of piperidine rings is 1. The molecule has 2 unspecified atom stereocenters. The molecule has 18 heavy (non-hydrogen) atoms. The van der Waals surface area contributed by atoms with Crippen molar-refractivity contribution in [1.82, 2.24) is 10.6 Å². The fourth-order valence-electron chi connectivity index (χ4n) is 2.53. The number of azide groups is 1. The molecule has 1 heterocycles. The van der Waals surface area contributed by atoms with E-state index in [9.17, 15) is 9.90 Å². The van der Waals surface area contributed by atoms with E-state index in [1.54, 1.807) is 0 Å². The second-order valence-electron chi connectivity index (χ2n) is 4.57. The summed E-state index contributed by atoms with van der Waals surface area (Å²) in [6.45, 7) is 4.41. The molecule has 0 aromatic carbocycles. The van der Waals surface area contributed by atoms with Gasteiger partial charge in [0, 0.05) is 23.9 Å². The van der Waals surface area contributed by atoms with Crippen molar-refractivity contribution < 1.29 is 9.90 Å². The molecule has 1 aliphatic rings. The number of carboxylic acid groups (broad SMARTS) is 1. The Morgan fingerprint density at radius 2 is 2.50 bits per heavy atom. The number of nitrogens with zero attached hydrogens (tertiary/aromatic N) is 3. The van der Waals surface area contributed by atoms with Crippen LogP contribution in [0.2, 0.25) is 0 Å². The number of nitrogens with one attached hydrogen (secondary N) is 2. The van der Waals surface area contributed by atoms with Crippen LogP contribution in [0.4, 0.5) is 0 Å². The standard InChI is InChI=1S/C11H21N5O2/c1-2-9-8-13-7-4-11(9,10(17)18)14-5-3-6-15-16-12/h9,13-14H,2-8H2,1H3,(H,17,18). The van der Waals surface area contributed by atoms with Crippen LogP contribution < -0.4 is 10.6 Å². The zero-order valence-corrected chi connectivity index (χ0v) is 10.7. The minimum atomic E-state index is -0.837. The number of hydrogen-bond donors (Lipinski definition) is 3. The van der Waals surface area contributed by atoms with E-state index in [0.29, 0.717) is 32.5 Å². The first kappa shape index (κ1) is 14.8. The minimum absolute atomic E-state index is 0.0863. The van der Waals surface area contributed by atoms with Gasteiger partial charge >= 0.3 is 5.97 Å². The Morgan fingerprint density at radius 3 is 3.11 bits per heavy atom. The van der Waals surface area contributed by atoms with E-state index in [4.69, 9.17) is 5.53 Å². The van der Waals surface area contributed by atoms with Crippen molar-refractivity contribution in [3.05, 3.63) is 10.4 Å². The predicted molar refractivity (Wildman–Crippen MR) is 68.3 cm³/mol. The van der Waals surface area contributed by atoms with Gasteiger partial charge in [0.2, 0.25) is 0 Å². The molecular formula is C11H21N5O2. The van der Waals surface area contributed by atoms with Gasteiger partial charge in [-0.25, -0.2) is 0 Å². The summed E-state index contributed by atoms with van der Waals surface area (Å²) in [5, 5.41) is 19.4. The molecule has 2 atom stereocenters. The van der Waals surface area contributed by atoms with Gasteiger partial charge in [0.25, 0.3) is 0 Å². The van der Waals surface area contributed by atoms with E-state index in [1.807, 2.05) is 6.92 Å². The van der Waals surface area contributed by atoms with Crippen LogP contribution in [0.3, 0.4) is 0 Å². The Bertz CT molecular complexity index is 329. The summed E-state index contributed by atoms with van der Waals surface area (Å²) < 4.78 is 0. The van der Waals surface area contributed by atoms with E-state index in [1.165, 1.54) is 0 Å². The maximum absolute atomic E-state index is 11.6. The van der Waals surface area contributed by atoms with Gasteiger partial charge in [-0.15, -0.1) is 0 Å². The van der Waals surface area contributed by atoms with Crippen molar-refractivity contribution >= 4 is 5.97 Å². The lowest BCUT2D eigenvalue weighted by Crippen LogP contribution is -2.63. The van der Waals surface area contributed by atoms with E-state index >= 15 is 0 Å². The van der Waals surface area contributed by atoms with Crippen LogP contribution in [-0.2, 0) is 4.79 Å². The molecule has 0 bridgehead atoms. The third kappa shape index (κ3) is 3.35. The lowest BCUT2D eigenvalue weighted by Gasteiger charge is -2.41. The summed E-state index contributed by atoms with van der Waals surface area (Å²) >= 11 is 0. The van der Waals surface area contributed by atoms with E-state index in [-0.39, 0.29) is 5.92 Å². The summed E-state index contributed by atoms with van der Waals surface area (Å²) in [4.78, 5) is 14.3. The van der Waals surface area contributed by atoms with E-state index < -0.39 is 11.5 Å². The number of rotatable bonds is 7. The lowest BCUT2D eigenvalue weighted by atomic mass is 9.77. The molecule has 0 amide bonds. The second-order valence-corrected chi connectivity index (χ2v) is 4.57. The van der Waals surface area contributed by atoms with Crippen LogP contribution in [0.1, 0.15) is 26.2 Å². The van der Waals surface area contributed by atoms with Crippen molar-refractivity contribution in [2.45, 2.75) is 31.7 Å². The van der Waals surface area contributed by atoms with Crippen LogP contribution in [0.25, 0.3) is 10.4 Å². The highest BCUT2D eigenvalue weighted by Crippen LogP contribution is 2.27. The topological polar surface area (TPSA) is 110 Å². The molecule has 0 saturated carbocycles. The summed E-state index contributed by atoms with van der Waals surface area (Å²) in [7, 11) is 0. The van der Waals surface area contributed by atoms with Crippen molar-refractivity contribution in [1.29, 1.82) is 0 Å². The summed E-state index contributed by atoms with van der Waals surface area (Å²) in [5.74, 6) is -0.692. The van der Waals surface area contributed by atoms with Crippen molar-refractivity contribution in [3.63, 3.8) is 0 Å². The highest BCUT2D eigenvalue weighted by atomic mass is 16.4. The average Bonchev–Trinajstić information content (AvgIpc) is 2.38.